The molecular weight excluding hydrogens is 407 g/mol. The van der Waals surface area contributed by atoms with Crippen LogP contribution in [0.2, 0.25) is 0 Å². The van der Waals surface area contributed by atoms with Gasteiger partial charge in [-0.3, -0.25) is 4.99 Å². The first-order valence-electron chi connectivity index (χ1n) is 7.97. The van der Waals surface area contributed by atoms with Crippen LogP contribution in [0, 0.1) is 5.92 Å². The summed E-state index contributed by atoms with van der Waals surface area (Å²) in [6.07, 6.45) is 3.79. The number of hydrogen-bond acceptors (Lipinski definition) is 3. The number of nitrogens with one attached hydrogen (secondary N) is 2. The molecule has 6 heteroatoms. The van der Waals surface area contributed by atoms with E-state index in [-0.39, 0.29) is 24.0 Å². The zero-order chi connectivity index (χ0) is 14.9. The fraction of sp³-hybridized carbons (Fsp3) is 0.688. The molecule has 0 saturated carbocycles. The van der Waals surface area contributed by atoms with E-state index in [0.29, 0.717) is 5.92 Å². The summed E-state index contributed by atoms with van der Waals surface area (Å²) in [5, 5.41) is 8.95. The zero-order valence-electron chi connectivity index (χ0n) is 13.7. The maximum absolute atomic E-state index is 4.29. The third-order valence-electron chi connectivity index (χ3n) is 3.85. The average molecular weight is 436 g/mol. The topological polar surface area (TPSA) is 39.7 Å². The van der Waals surface area contributed by atoms with Gasteiger partial charge in [-0.2, -0.15) is 0 Å². The fourth-order valence-electron chi connectivity index (χ4n) is 2.72. The highest BCUT2D eigenvalue weighted by atomic mass is 127. The average Bonchev–Trinajstić information content (AvgIpc) is 3.16. The first-order chi connectivity index (χ1) is 10.3. The van der Waals surface area contributed by atoms with E-state index in [2.05, 4.69) is 45.0 Å². The number of hydrogen-bond donors (Lipinski definition) is 2. The minimum Gasteiger partial charge on any atom is -0.356 e. The first-order valence-corrected chi connectivity index (χ1v) is 8.85. The summed E-state index contributed by atoms with van der Waals surface area (Å²) in [5.41, 5.74) is 0. The number of nitrogens with zero attached hydrogens (tertiary/aromatic N) is 2. The molecule has 1 aromatic heterocycles. The summed E-state index contributed by atoms with van der Waals surface area (Å²) >= 11 is 1.81. The maximum atomic E-state index is 4.29. The molecule has 2 heterocycles. The van der Waals surface area contributed by atoms with Crippen molar-refractivity contribution in [2.75, 3.05) is 39.8 Å². The molecule has 4 nitrogen and oxygen atoms in total. The third kappa shape index (κ3) is 7.28. The van der Waals surface area contributed by atoms with E-state index < -0.39 is 0 Å². The molecule has 0 radical (unpaired) electrons. The van der Waals surface area contributed by atoms with Crippen LogP contribution in [0.4, 0.5) is 0 Å². The van der Waals surface area contributed by atoms with Crippen molar-refractivity contribution in [3.05, 3.63) is 22.4 Å². The molecule has 1 aliphatic heterocycles. The molecule has 1 fully saturated rings. The second-order valence-electron chi connectivity index (χ2n) is 5.82. The van der Waals surface area contributed by atoms with E-state index in [1.54, 1.807) is 0 Å². The van der Waals surface area contributed by atoms with E-state index in [4.69, 9.17) is 0 Å². The number of rotatable bonds is 7. The van der Waals surface area contributed by atoms with Gasteiger partial charge in [-0.05, 0) is 49.7 Å². The summed E-state index contributed by atoms with van der Waals surface area (Å²) in [6, 6.07) is 4.29. The number of thiophene rings is 1. The molecule has 0 spiro atoms. The van der Waals surface area contributed by atoms with Crippen molar-refractivity contribution in [1.82, 2.24) is 15.5 Å². The molecule has 2 N–H and O–H groups in total. The van der Waals surface area contributed by atoms with Gasteiger partial charge in [0, 0.05) is 31.6 Å². The van der Waals surface area contributed by atoms with E-state index in [1.807, 2.05) is 18.4 Å². The number of guanidine groups is 1. The summed E-state index contributed by atoms with van der Waals surface area (Å²) < 4.78 is 0. The van der Waals surface area contributed by atoms with Crippen LogP contribution in [-0.4, -0.2) is 50.6 Å². The van der Waals surface area contributed by atoms with Crippen molar-refractivity contribution >= 4 is 41.3 Å². The fourth-order valence-corrected chi connectivity index (χ4v) is 3.43. The predicted molar refractivity (Wildman–Crippen MR) is 108 cm³/mol. The van der Waals surface area contributed by atoms with Gasteiger partial charge in [0.25, 0.3) is 0 Å². The Balaban J connectivity index is 0.00000242. The monoisotopic (exact) mass is 436 g/mol. The van der Waals surface area contributed by atoms with Gasteiger partial charge in [0.05, 0.1) is 0 Å². The van der Waals surface area contributed by atoms with Gasteiger partial charge in [0.15, 0.2) is 5.96 Å². The predicted octanol–water partition coefficient (Wildman–Crippen LogP) is 2.81. The van der Waals surface area contributed by atoms with Crippen molar-refractivity contribution in [3.63, 3.8) is 0 Å². The van der Waals surface area contributed by atoms with Gasteiger partial charge in [-0.15, -0.1) is 35.3 Å². The summed E-state index contributed by atoms with van der Waals surface area (Å²) in [4.78, 5) is 8.28. The molecular formula is C16H29IN4S. The van der Waals surface area contributed by atoms with Gasteiger partial charge in [-0.25, -0.2) is 0 Å². The molecule has 126 valence electrons. The minimum atomic E-state index is 0. The molecule has 2 rings (SSSR count). The normalized spacial score (nSPS) is 17.1. The van der Waals surface area contributed by atoms with Gasteiger partial charge < -0.3 is 15.5 Å². The molecule has 1 atom stereocenters. The third-order valence-corrected chi connectivity index (χ3v) is 4.79. The Labute approximate surface area is 155 Å². The van der Waals surface area contributed by atoms with E-state index in [1.165, 1.54) is 37.4 Å². The lowest BCUT2D eigenvalue weighted by molar-refractivity contribution is 0.287. The molecule has 0 bridgehead atoms. The maximum Gasteiger partial charge on any atom is 0.190 e. The van der Waals surface area contributed by atoms with Gasteiger partial charge >= 0.3 is 0 Å². The Hall–Kier alpha value is -0.340. The van der Waals surface area contributed by atoms with Crippen LogP contribution in [-0.2, 0) is 6.42 Å². The molecule has 1 saturated heterocycles. The summed E-state index contributed by atoms with van der Waals surface area (Å²) in [6.45, 7) is 7.97. The largest absolute Gasteiger partial charge is 0.356 e. The second-order valence-corrected chi connectivity index (χ2v) is 6.85. The lowest BCUT2D eigenvalue weighted by atomic mass is 10.1. The molecule has 1 aliphatic rings. The van der Waals surface area contributed by atoms with E-state index >= 15 is 0 Å². The van der Waals surface area contributed by atoms with Crippen LogP contribution in [0.1, 0.15) is 24.6 Å². The molecule has 0 aromatic carbocycles. The van der Waals surface area contributed by atoms with Crippen molar-refractivity contribution in [1.29, 1.82) is 0 Å². The van der Waals surface area contributed by atoms with Crippen LogP contribution in [0.3, 0.4) is 0 Å². The number of halogens is 1. The highest BCUT2D eigenvalue weighted by molar-refractivity contribution is 14.0. The summed E-state index contributed by atoms with van der Waals surface area (Å²) in [7, 11) is 1.84. The van der Waals surface area contributed by atoms with Crippen LogP contribution < -0.4 is 10.6 Å². The van der Waals surface area contributed by atoms with Crippen LogP contribution >= 0.6 is 35.3 Å². The Morgan fingerprint density at radius 3 is 2.77 bits per heavy atom. The second kappa shape index (κ2) is 11.2. The quantitative estimate of drug-likeness (QED) is 0.392. The molecule has 1 unspecified atom stereocenters. The minimum absolute atomic E-state index is 0. The van der Waals surface area contributed by atoms with Crippen molar-refractivity contribution in [2.24, 2.45) is 10.9 Å². The van der Waals surface area contributed by atoms with E-state index in [0.717, 1.165) is 25.5 Å². The molecule has 22 heavy (non-hydrogen) atoms. The van der Waals surface area contributed by atoms with Crippen LogP contribution in [0.15, 0.2) is 22.5 Å². The van der Waals surface area contributed by atoms with Crippen molar-refractivity contribution < 1.29 is 0 Å². The Morgan fingerprint density at radius 1 is 1.36 bits per heavy atom. The van der Waals surface area contributed by atoms with Gasteiger partial charge in [0.1, 0.15) is 0 Å². The Bertz CT molecular complexity index is 416. The highest BCUT2D eigenvalue weighted by Crippen LogP contribution is 2.10. The number of aliphatic imine (C=N–C) groups is 1. The lowest BCUT2D eigenvalue weighted by Gasteiger charge is -2.21. The van der Waals surface area contributed by atoms with Crippen LogP contribution in [0.5, 0.6) is 0 Å². The Kier molecular flexibility index (Phi) is 10.1. The standard InChI is InChI=1S/C16H28N4S.HI/c1-14(13-20-9-3-4-10-20)12-19-16(17-2)18-8-7-15-6-5-11-21-15;/h5-6,11,14H,3-4,7-10,12-13H2,1-2H3,(H2,17,18,19);1H. The van der Waals surface area contributed by atoms with Gasteiger partial charge in [-0.1, -0.05) is 13.0 Å². The number of likely N-dealkylation sites (tertiary alicyclic amines) is 1. The zero-order valence-corrected chi connectivity index (χ0v) is 16.8. The van der Waals surface area contributed by atoms with Crippen molar-refractivity contribution in [2.45, 2.75) is 26.2 Å². The summed E-state index contributed by atoms with van der Waals surface area (Å²) in [5.74, 6) is 1.57. The van der Waals surface area contributed by atoms with E-state index in [9.17, 15) is 0 Å². The lowest BCUT2D eigenvalue weighted by Crippen LogP contribution is -2.42. The smallest absolute Gasteiger partial charge is 0.190 e. The molecule has 0 aliphatic carbocycles. The van der Waals surface area contributed by atoms with Crippen molar-refractivity contribution in [3.8, 4) is 0 Å². The molecule has 0 amide bonds. The first kappa shape index (κ1) is 19.7. The Morgan fingerprint density at radius 2 is 2.14 bits per heavy atom. The van der Waals surface area contributed by atoms with Gasteiger partial charge in [0.2, 0.25) is 0 Å². The highest BCUT2D eigenvalue weighted by Gasteiger charge is 2.14. The molecule has 1 aromatic rings. The van der Waals surface area contributed by atoms with Crippen LogP contribution in [0.25, 0.3) is 0 Å². The SMILES string of the molecule is CN=C(NCCc1cccs1)NCC(C)CN1CCCC1.I.